The molecule has 7 nitrogen and oxygen atoms in total. The van der Waals surface area contributed by atoms with Crippen LogP contribution in [0.5, 0.6) is 0 Å². The monoisotopic (exact) mass is 506 g/mol. The summed E-state index contributed by atoms with van der Waals surface area (Å²) in [7, 11) is 0. The van der Waals surface area contributed by atoms with Crippen LogP contribution in [0.3, 0.4) is 0 Å². The van der Waals surface area contributed by atoms with Crippen LogP contribution >= 0.6 is 11.8 Å². The molecule has 4 rings (SSSR count). The van der Waals surface area contributed by atoms with Crippen molar-refractivity contribution in [1.82, 2.24) is 0 Å². The van der Waals surface area contributed by atoms with Crippen LogP contribution in [0.25, 0.3) is 0 Å². The fraction of sp³-hybridized carbons (Fsp3) is 0.250. The summed E-state index contributed by atoms with van der Waals surface area (Å²) in [6.45, 7) is 2.98. The molecule has 1 aliphatic heterocycles. The molecule has 2 unspecified atom stereocenters. The molecule has 1 saturated heterocycles. The fourth-order valence-corrected chi connectivity index (χ4v) is 5.00. The van der Waals surface area contributed by atoms with E-state index in [1.54, 1.807) is 67.6 Å². The smallest absolute Gasteiger partial charge is 0.338 e. The Bertz CT molecular complexity index is 1170. The Morgan fingerprint density at radius 3 is 1.64 bits per heavy atom. The summed E-state index contributed by atoms with van der Waals surface area (Å²) < 4.78 is 23.5. The van der Waals surface area contributed by atoms with E-state index in [9.17, 15) is 14.4 Å². The largest absolute Gasteiger partial charge is 0.454 e. The van der Waals surface area contributed by atoms with E-state index >= 15 is 0 Å². The van der Waals surface area contributed by atoms with Gasteiger partial charge in [0.1, 0.15) is 5.44 Å². The van der Waals surface area contributed by atoms with Crippen LogP contribution in [0.4, 0.5) is 0 Å². The van der Waals surface area contributed by atoms with Gasteiger partial charge in [-0.1, -0.05) is 66.4 Å². The van der Waals surface area contributed by atoms with Gasteiger partial charge in [0.2, 0.25) is 0 Å². The maximum absolute atomic E-state index is 13.0. The van der Waals surface area contributed by atoms with Crippen LogP contribution in [-0.2, 0) is 23.7 Å². The number of rotatable bonds is 7. The Hall–Kier alpha value is -3.62. The second-order valence-corrected chi connectivity index (χ2v) is 9.36. The highest BCUT2D eigenvalue weighted by Crippen LogP contribution is 2.37. The minimum absolute atomic E-state index is 0.332. The molecule has 1 aliphatic rings. The molecule has 3 aromatic rings. The molecule has 3 aromatic carbocycles. The first-order chi connectivity index (χ1) is 17.4. The minimum Gasteiger partial charge on any atom is -0.454 e. The summed E-state index contributed by atoms with van der Waals surface area (Å²) in [4.78, 5) is 38.9. The van der Waals surface area contributed by atoms with Crippen molar-refractivity contribution in [3.8, 4) is 0 Å². The van der Waals surface area contributed by atoms with Crippen molar-refractivity contribution in [3.63, 3.8) is 0 Å². The van der Waals surface area contributed by atoms with Crippen molar-refractivity contribution in [2.75, 3.05) is 0 Å². The third kappa shape index (κ3) is 6.33. The number of carbonyl (C=O) groups is 3. The number of benzene rings is 3. The van der Waals surface area contributed by atoms with Gasteiger partial charge in [-0.25, -0.2) is 9.59 Å². The van der Waals surface area contributed by atoms with Crippen molar-refractivity contribution in [2.45, 2.75) is 48.6 Å². The van der Waals surface area contributed by atoms with Crippen LogP contribution in [0.15, 0.2) is 95.9 Å². The highest BCUT2D eigenvalue weighted by atomic mass is 32.2. The van der Waals surface area contributed by atoms with E-state index in [4.69, 9.17) is 18.9 Å². The lowest BCUT2D eigenvalue weighted by Gasteiger charge is -2.43. The Kier molecular flexibility index (Phi) is 8.40. The zero-order valence-electron chi connectivity index (χ0n) is 19.8. The van der Waals surface area contributed by atoms with E-state index in [-0.39, 0.29) is 0 Å². The van der Waals surface area contributed by atoms with Gasteiger partial charge in [-0.2, -0.15) is 0 Å². The average Bonchev–Trinajstić information content (AvgIpc) is 2.89. The number of carbonyl (C=O) groups excluding carboxylic acids is 3. The molecule has 5 atom stereocenters. The average molecular weight is 507 g/mol. The van der Waals surface area contributed by atoms with E-state index < -0.39 is 47.8 Å². The van der Waals surface area contributed by atoms with Gasteiger partial charge >= 0.3 is 17.9 Å². The van der Waals surface area contributed by atoms with Gasteiger partial charge in [0, 0.05) is 11.8 Å². The van der Waals surface area contributed by atoms with Gasteiger partial charge in [-0.15, -0.1) is 0 Å². The fourth-order valence-electron chi connectivity index (χ4n) is 3.85. The first-order valence-electron chi connectivity index (χ1n) is 11.5. The van der Waals surface area contributed by atoms with Crippen LogP contribution in [-0.4, -0.2) is 47.8 Å². The second-order valence-electron chi connectivity index (χ2n) is 8.19. The van der Waals surface area contributed by atoms with Gasteiger partial charge in [0.15, 0.2) is 18.3 Å². The molecular formula is C28H26O7S. The number of ether oxygens (including phenoxy) is 4. The van der Waals surface area contributed by atoms with Gasteiger partial charge < -0.3 is 18.9 Å². The van der Waals surface area contributed by atoms with Crippen molar-refractivity contribution < 1.29 is 33.3 Å². The molecule has 0 radical (unpaired) electrons. The zero-order chi connectivity index (χ0) is 25.5. The summed E-state index contributed by atoms with van der Waals surface area (Å²) in [6.07, 6.45) is -3.82. The topological polar surface area (TPSA) is 88.1 Å². The maximum atomic E-state index is 13.0. The lowest BCUT2D eigenvalue weighted by molar-refractivity contribution is -0.211. The summed E-state index contributed by atoms with van der Waals surface area (Å²) in [5, 5.41) is 0. The Balaban J connectivity index is 1.66. The molecule has 0 amide bonds. The minimum atomic E-state index is -1.09. The van der Waals surface area contributed by atoms with Gasteiger partial charge in [0.05, 0.1) is 17.2 Å². The molecule has 0 saturated carbocycles. The van der Waals surface area contributed by atoms with E-state index in [1.807, 2.05) is 30.3 Å². The van der Waals surface area contributed by atoms with E-state index in [1.165, 1.54) is 18.7 Å². The first-order valence-corrected chi connectivity index (χ1v) is 12.4. The lowest BCUT2D eigenvalue weighted by atomic mass is 9.99. The van der Waals surface area contributed by atoms with Crippen LogP contribution in [0.2, 0.25) is 0 Å². The SMILES string of the molecule is CC(=O)O[C@@H]1C(OC(=O)c2ccccc2)[C@H](Sc2ccccc2)OC(C)[C@@H]1OC(=O)c1ccccc1. The summed E-state index contributed by atoms with van der Waals surface area (Å²) in [6, 6.07) is 26.4. The molecule has 186 valence electrons. The van der Waals surface area contributed by atoms with Crippen molar-refractivity contribution >= 4 is 29.7 Å². The molecule has 36 heavy (non-hydrogen) atoms. The quantitative estimate of drug-likeness (QED) is 0.330. The maximum Gasteiger partial charge on any atom is 0.338 e. The standard InChI is InChI=1S/C28H26O7S/c1-18-23(34-26(30)20-12-6-3-7-13-20)24(33-19(2)29)25(35-27(31)21-14-8-4-9-15-21)28(32-18)36-22-16-10-5-11-17-22/h3-18,23-25,28H,1-2H3/t18?,23-,24-,25?,28-/m0/s1. The number of hydrogen-bond donors (Lipinski definition) is 0. The Morgan fingerprint density at radius 2 is 1.14 bits per heavy atom. The zero-order valence-corrected chi connectivity index (χ0v) is 20.6. The van der Waals surface area contributed by atoms with Crippen molar-refractivity contribution in [1.29, 1.82) is 0 Å². The normalized spacial score (nSPS) is 23.3. The third-order valence-electron chi connectivity index (χ3n) is 5.53. The Labute approximate surface area is 213 Å². The van der Waals surface area contributed by atoms with E-state index in [0.29, 0.717) is 11.1 Å². The van der Waals surface area contributed by atoms with Gasteiger partial charge in [-0.05, 0) is 43.3 Å². The number of thioether (sulfide) groups is 1. The summed E-state index contributed by atoms with van der Waals surface area (Å²) in [5.41, 5.74) is -0.0602. The predicted molar refractivity (Wildman–Crippen MR) is 133 cm³/mol. The van der Waals surface area contributed by atoms with Crippen molar-refractivity contribution in [3.05, 3.63) is 102 Å². The predicted octanol–water partition coefficient (Wildman–Crippen LogP) is 4.91. The summed E-state index contributed by atoms with van der Waals surface area (Å²) >= 11 is 1.33. The highest BCUT2D eigenvalue weighted by Gasteiger charge is 2.51. The molecular weight excluding hydrogens is 480 g/mol. The van der Waals surface area contributed by atoms with E-state index in [0.717, 1.165) is 4.90 Å². The van der Waals surface area contributed by atoms with Gasteiger partial charge in [0.25, 0.3) is 0 Å². The molecule has 0 spiro atoms. The van der Waals surface area contributed by atoms with Crippen LogP contribution < -0.4 is 0 Å². The Morgan fingerprint density at radius 1 is 0.667 bits per heavy atom. The van der Waals surface area contributed by atoms with Gasteiger partial charge in [-0.3, -0.25) is 4.79 Å². The summed E-state index contributed by atoms with van der Waals surface area (Å²) in [5.74, 6) is -1.81. The van der Waals surface area contributed by atoms with Crippen LogP contribution in [0, 0.1) is 0 Å². The van der Waals surface area contributed by atoms with E-state index in [2.05, 4.69) is 0 Å². The highest BCUT2D eigenvalue weighted by molar-refractivity contribution is 7.99. The third-order valence-corrected chi connectivity index (χ3v) is 6.69. The number of hydrogen-bond acceptors (Lipinski definition) is 8. The second kappa shape index (κ2) is 11.9. The molecule has 8 heteroatoms. The number of esters is 3. The molecule has 1 heterocycles. The molecule has 1 fully saturated rings. The first kappa shape index (κ1) is 25.5. The van der Waals surface area contributed by atoms with Crippen molar-refractivity contribution in [2.24, 2.45) is 0 Å². The molecule has 0 N–H and O–H groups in total. The van der Waals surface area contributed by atoms with Crippen LogP contribution in [0.1, 0.15) is 34.6 Å². The molecule has 0 aliphatic carbocycles. The lowest BCUT2D eigenvalue weighted by Crippen LogP contribution is -2.59. The molecule has 0 bridgehead atoms. The molecule has 0 aromatic heterocycles.